The van der Waals surface area contributed by atoms with Gasteiger partial charge in [-0.3, -0.25) is 4.79 Å². The van der Waals surface area contributed by atoms with E-state index in [1.165, 1.54) is 4.90 Å². The fourth-order valence-electron chi connectivity index (χ4n) is 1.74. The van der Waals surface area contributed by atoms with Crippen LogP contribution in [0.4, 0.5) is 0 Å². The molecule has 0 spiro atoms. The standard InChI is InChI=1S/C14H16N4O2S/c1-18(8-12-16-6-7-17-12)13(19)9-20-11-5-3-2-4-10(11)14(15)21/h2-7H,8-9H2,1H3,(H2,15,21)(H,16,17). The molecule has 0 aliphatic rings. The molecule has 0 saturated carbocycles. The molecule has 0 fully saturated rings. The number of thiocarbonyl (C=S) groups is 1. The largest absolute Gasteiger partial charge is 0.483 e. The van der Waals surface area contributed by atoms with Gasteiger partial charge >= 0.3 is 0 Å². The first-order valence-electron chi connectivity index (χ1n) is 6.32. The highest BCUT2D eigenvalue weighted by molar-refractivity contribution is 7.80. The van der Waals surface area contributed by atoms with Crippen molar-refractivity contribution in [2.24, 2.45) is 5.73 Å². The molecule has 0 radical (unpaired) electrons. The Hall–Kier alpha value is -2.41. The van der Waals surface area contributed by atoms with E-state index in [0.717, 1.165) is 5.82 Å². The topological polar surface area (TPSA) is 84.2 Å². The van der Waals surface area contributed by atoms with E-state index in [0.29, 0.717) is 17.9 Å². The van der Waals surface area contributed by atoms with Crippen molar-refractivity contribution in [3.8, 4) is 5.75 Å². The number of aromatic amines is 1. The normalized spacial score (nSPS) is 10.1. The van der Waals surface area contributed by atoms with Crippen LogP contribution in [0, 0.1) is 0 Å². The number of aromatic nitrogens is 2. The summed E-state index contributed by atoms with van der Waals surface area (Å²) in [7, 11) is 1.69. The number of carbonyl (C=O) groups is 1. The lowest BCUT2D eigenvalue weighted by Gasteiger charge is -2.17. The zero-order valence-electron chi connectivity index (χ0n) is 11.6. The van der Waals surface area contributed by atoms with Crippen LogP contribution >= 0.6 is 12.2 Å². The quantitative estimate of drug-likeness (QED) is 0.780. The second-order valence-electron chi connectivity index (χ2n) is 4.43. The molecule has 0 unspecified atom stereocenters. The lowest BCUT2D eigenvalue weighted by Crippen LogP contribution is -2.31. The second-order valence-corrected chi connectivity index (χ2v) is 4.87. The summed E-state index contributed by atoms with van der Waals surface area (Å²) in [6.45, 7) is 0.309. The molecular weight excluding hydrogens is 288 g/mol. The van der Waals surface area contributed by atoms with Crippen molar-refractivity contribution in [3.63, 3.8) is 0 Å². The smallest absolute Gasteiger partial charge is 0.260 e. The highest BCUT2D eigenvalue weighted by Crippen LogP contribution is 2.17. The molecular formula is C14H16N4O2S. The zero-order chi connectivity index (χ0) is 15.2. The molecule has 7 heteroatoms. The van der Waals surface area contributed by atoms with Crippen molar-refractivity contribution in [3.05, 3.63) is 48.0 Å². The molecule has 0 aliphatic heterocycles. The van der Waals surface area contributed by atoms with Gasteiger partial charge in [-0.05, 0) is 12.1 Å². The Balaban J connectivity index is 1.93. The molecule has 110 valence electrons. The fraction of sp³-hybridized carbons (Fsp3) is 0.214. The summed E-state index contributed by atoms with van der Waals surface area (Å²) in [6, 6.07) is 7.10. The second kappa shape index (κ2) is 6.85. The Kier molecular flexibility index (Phi) is 4.89. The number of amides is 1. The number of likely N-dealkylation sites (N-methyl/N-ethyl adjacent to an activating group) is 1. The molecule has 2 aromatic rings. The molecule has 1 heterocycles. The Bertz CT molecular complexity index is 628. The number of carbonyl (C=O) groups excluding carboxylic acids is 1. The van der Waals surface area contributed by atoms with Crippen molar-refractivity contribution >= 4 is 23.1 Å². The highest BCUT2D eigenvalue weighted by atomic mass is 32.1. The molecule has 2 rings (SSSR count). The van der Waals surface area contributed by atoms with Crippen LogP contribution in [-0.2, 0) is 11.3 Å². The van der Waals surface area contributed by atoms with Crippen molar-refractivity contribution in [2.75, 3.05) is 13.7 Å². The minimum absolute atomic E-state index is 0.0865. The van der Waals surface area contributed by atoms with E-state index in [4.69, 9.17) is 22.7 Å². The summed E-state index contributed by atoms with van der Waals surface area (Å²) >= 11 is 4.95. The van der Waals surface area contributed by atoms with Crippen molar-refractivity contribution in [1.82, 2.24) is 14.9 Å². The van der Waals surface area contributed by atoms with Crippen LogP contribution in [-0.4, -0.2) is 39.4 Å². The van der Waals surface area contributed by atoms with Crippen LogP contribution in [0.25, 0.3) is 0 Å². The zero-order valence-corrected chi connectivity index (χ0v) is 12.4. The van der Waals surface area contributed by atoms with E-state index in [-0.39, 0.29) is 17.5 Å². The number of ether oxygens (including phenoxy) is 1. The number of benzene rings is 1. The van der Waals surface area contributed by atoms with E-state index in [1.54, 1.807) is 37.6 Å². The molecule has 0 aliphatic carbocycles. The van der Waals surface area contributed by atoms with Gasteiger partial charge in [0, 0.05) is 19.4 Å². The Morgan fingerprint density at radius 1 is 1.48 bits per heavy atom. The lowest BCUT2D eigenvalue weighted by atomic mass is 10.2. The third-order valence-corrected chi connectivity index (χ3v) is 3.09. The number of imidazole rings is 1. The average molecular weight is 304 g/mol. The summed E-state index contributed by atoms with van der Waals surface area (Å²) < 4.78 is 5.51. The Morgan fingerprint density at radius 2 is 2.24 bits per heavy atom. The molecule has 6 nitrogen and oxygen atoms in total. The van der Waals surface area contributed by atoms with Crippen LogP contribution in [0.3, 0.4) is 0 Å². The molecule has 1 amide bonds. The van der Waals surface area contributed by atoms with E-state index >= 15 is 0 Å². The predicted octanol–water partition coefficient (Wildman–Crippen LogP) is 1.08. The van der Waals surface area contributed by atoms with Gasteiger partial charge in [0.1, 0.15) is 16.6 Å². The number of rotatable bonds is 6. The Labute approximate surface area is 127 Å². The number of nitrogens with zero attached hydrogens (tertiary/aromatic N) is 2. The van der Waals surface area contributed by atoms with E-state index < -0.39 is 0 Å². The van der Waals surface area contributed by atoms with Gasteiger partial charge in [-0.1, -0.05) is 24.4 Å². The maximum absolute atomic E-state index is 12.0. The van der Waals surface area contributed by atoms with Gasteiger partial charge in [0.2, 0.25) is 0 Å². The van der Waals surface area contributed by atoms with Gasteiger partial charge in [0.15, 0.2) is 6.61 Å². The number of nitrogens with one attached hydrogen (secondary N) is 1. The maximum atomic E-state index is 12.0. The fourth-order valence-corrected chi connectivity index (χ4v) is 1.91. The Morgan fingerprint density at radius 3 is 2.90 bits per heavy atom. The van der Waals surface area contributed by atoms with Crippen LogP contribution < -0.4 is 10.5 Å². The molecule has 3 N–H and O–H groups in total. The summed E-state index contributed by atoms with van der Waals surface area (Å²) in [5.41, 5.74) is 6.23. The molecule has 0 saturated heterocycles. The van der Waals surface area contributed by atoms with Gasteiger partial charge in [-0.25, -0.2) is 4.98 Å². The number of hydrogen-bond acceptors (Lipinski definition) is 4. The summed E-state index contributed by atoms with van der Waals surface area (Å²) in [4.78, 5) is 20.8. The minimum Gasteiger partial charge on any atom is -0.483 e. The van der Waals surface area contributed by atoms with Crippen LogP contribution in [0.5, 0.6) is 5.75 Å². The maximum Gasteiger partial charge on any atom is 0.260 e. The summed E-state index contributed by atoms with van der Waals surface area (Å²) in [6.07, 6.45) is 3.35. The van der Waals surface area contributed by atoms with Gasteiger partial charge in [-0.15, -0.1) is 0 Å². The van der Waals surface area contributed by atoms with Gasteiger partial charge in [0.05, 0.1) is 12.1 Å². The van der Waals surface area contributed by atoms with Gasteiger partial charge in [0.25, 0.3) is 5.91 Å². The number of nitrogens with two attached hydrogens (primary N) is 1. The monoisotopic (exact) mass is 304 g/mol. The average Bonchev–Trinajstić information content (AvgIpc) is 2.97. The number of hydrogen-bond donors (Lipinski definition) is 2. The van der Waals surface area contributed by atoms with Gasteiger partial charge in [-0.2, -0.15) is 0 Å². The van der Waals surface area contributed by atoms with Crippen molar-refractivity contribution in [2.45, 2.75) is 6.54 Å². The van der Waals surface area contributed by atoms with Crippen molar-refractivity contribution < 1.29 is 9.53 Å². The summed E-state index contributed by atoms with van der Waals surface area (Å²) in [5.74, 6) is 1.06. The predicted molar refractivity (Wildman–Crippen MR) is 82.9 cm³/mol. The number of para-hydroxylation sites is 1. The summed E-state index contributed by atoms with van der Waals surface area (Å²) in [5, 5.41) is 0. The molecule has 1 aromatic carbocycles. The van der Waals surface area contributed by atoms with E-state index in [1.807, 2.05) is 6.07 Å². The first-order chi connectivity index (χ1) is 10.1. The third kappa shape index (κ3) is 4.03. The first kappa shape index (κ1) is 15.0. The van der Waals surface area contributed by atoms with Crippen LogP contribution in [0.15, 0.2) is 36.7 Å². The molecule has 0 atom stereocenters. The molecule has 0 bridgehead atoms. The first-order valence-corrected chi connectivity index (χ1v) is 6.72. The highest BCUT2D eigenvalue weighted by Gasteiger charge is 2.13. The third-order valence-electron chi connectivity index (χ3n) is 2.87. The molecule has 21 heavy (non-hydrogen) atoms. The SMILES string of the molecule is CN(Cc1ncc[nH]1)C(=O)COc1ccccc1C(N)=S. The van der Waals surface area contributed by atoms with E-state index in [2.05, 4.69) is 9.97 Å². The lowest BCUT2D eigenvalue weighted by molar-refractivity contribution is -0.132. The number of H-pyrrole nitrogens is 1. The van der Waals surface area contributed by atoms with Gasteiger partial charge < -0.3 is 20.4 Å². The van der Waals surface area contributed by atoms with Crippen LogP contribution in [0.2, 0.25) is 0 Å². The van der Waals surface area contributed by atoms with E-state index in [9.17, 15) is 4.79 Å². The minimum atomic E-state index is -0.163. The van der Waals surface area contributed by atoms with Crippen molar-refractivity contribution in [1.29, 1.82) is 0 Å². The van der Waals surface area contributed by atoms with Crippen LogP contribution in [0.1, 0.15) is 11.4 Å². The molecule has 1 aromatic heterocycles.